The lowest BCUT2D eigenvalue weighted by molar-refractivity contribution is 0.501. The summed E-state index contributed by atoms with van der Waals surface area (Å²) in [6.07, 6.45) is 0.964. The van der Waals surface area contributed by atoms with Crippen LogP contribution < -0.4 is 11.2 Å². The van der Waals surface area contributed by atoms with Crippen LogP contribution in [0, 0.1) is 5.92 Å². The molecule has 2 aromatic heterocycles. The van der Waals surface area contributed by atoms with Crippen molar-refractivity contribution in [1.82, 2.24) is 18.7 Å². The molecule has 2 heterocycles. The molecule has 0 bridgehead atoms. The molecule has 0 fully saturated rings. The van der Waals surface area contributed by atoms with Gasteiger partial charge in [0.05, 0.1) is 28.5 Å². The van der Waals surface area contributed by atoms with Crippen molar-refractivity contribution in [3.63, 3.8) is 0 Å². The molecule has 4 aromatic rings. The Hall–Kier alpha value is -3.15. The minimum atomic E-state index is -0.250. The molecule has 6 heteroatoms. The van der Waals surface area contributed by atoms with Gasteiger partial charge in [-0.15, -0.1) is 0 Å². The zero-order valence-electron chi connectivity index (χ0n) is 16.4. The third kappa shape index (κ3) is 3.05. The number of aryl methyl sites for hydroxylation is 2. The Morgan fingerprint density at radius 1 is 0.893 bits per heavy atom. The van der Waals surface area contributed by atoms with Crippen LogP contribution in [0.5, 0.6) is 0 Å². The van der Waals surface area contributed by atoms with Crippen LogP contribution in [0.4, 0.5) is 0 Å². The monoisotopic (exact) mass is 376 g/mol. The highest BCUT2D eigenvalue weighted by Gasteiger charge is 2.16. The standard InChI is InChI=1S/C22H24N4O2/c1-15(2)12-13-25-17-9-5-4-8-16(17)21(27)23-20(25)14-26-19-11-7-6-10-18(19)24(3)22(26)28/h4-11,15H,12-14H2,1-3H3. The lowest BCUT2D eigenvalue weighted by Crippen LogP contribution is -2.27. The highest BCUT2D eigenvalue weighted by molar-refractivity contribution is 5.78. The van der Waals surface area contributed by atoms with E-state index in [1.54, 1.807) is 16.2 Å². The Morgan fingerprint density at radius 2 is 1.54 bits per heavy atom. The molecular formula is C22H24N4O2. The van der Waals surface area contributed by atoms with Crippen LogP contribution in [0.2, 0.25) is 0 Å². The number of benzene rings is 2. The number of hydrogen-bond acceptors (Lipinski definition) is 3. The first-order chi connectivity index (χ1) is 13.5. The van der Waals surface area contributed by atoms with Gasteiger partial charge in [-0.3, -0.25) is 13.9 Å². The van der Waals surface area contributed by atoms with Gasteiger partial charge in [0.25, 0.3) is 5.56 Å². The quantitative estimate of drug-likeness (QED) is 0.538. The van der Waals surface area contributed by atoms with E-state index in [0.717, 1.165) is 29.5 Å². The summed E-state index contributed by atoms with van der Waals surface area (Å²) in [5.41, 5.74) is 2.21. The molecule has 0 aliphatic heterocycles. The van der Waals surface area contributed by atoms with Crippen molar-refractivity contribution < 1.29 is 0 Å². The van der Waals surface area contributed by atoms with Crippen LogP contribution in [0.3, 0.4) is 0 Å². The normalized spacial score (nSPS) is 11.7. The van der Waals surface area contributed by atoms with Gasteiger partial charge in [-0.25, -0.2) is 4.79 Å². The highest BCUT2D eigenvalue weighted by Crippen LogP contribution is 2.17. The van der Waals surface area contributed by atoms with Crippen molar-refractivity contribution in [3.8, 4) is 0 Å². The molecule has 0 saturated carbocycles. The molecule has 144 valence electrons. The first-order valence-electron chi connectivity index (χ1n) is 9.60. The van der Waals surface area contributed by atoms with Gasteiger partial charge in [-0.05, 0) is 36.6 Å². The fraction of sp³-hybridized carbons (Fsp3) is 0.318. The molecule has 0 amide bonds. The minimum Gasteiger partial charge on any atom is -0.327 e. The van der Waals surface area contributed by atoms with Crippen molar-refractivity contribution in [3.05, 3.63) is 75.2 Å². The predicted octanol–water partition coefficient (Wildman–Crippen LogP) is 3.14. The molecule has 2 aromatic carbocycles. The highest BCUT2D eigenvalue weighted by atomic mass is 16.1. The Kier molecular flexibility index (Phi) is 4.63. The van der Waals surface area contributed by atoms with Crippen LogP contribution in [-0.4, -0.2) is 18.7 Å². The molecule has 28 heavy (non-hydrogen) atoms. The summed E-state index contributed by atoms with van der Waals surface area (Å²) < 4.78 is 5.41. The van der Waals surface area contributed by atoms with E-state index in [-0.39, 0.29) is 17.8 Å². The predicted molar refractivity (Wildman–Crippen MR) is 112 cm³/mol. The van der Waals surface area contributed by atoms with Crippen molar-refractivity contribution in [2.45, 2.75) is 33.4 Å². The van der Waals surface area contributed by atoms with Crippen molar-refractivity contribution >= 4 is 21.9 Å². The number of fused-ring (bicyclic) bond motifs is 2. The smallest absolute Gasteiger partial charge is 0.327 e. The second kappa shape index (κ2) is 7.11. The van der Waals surface area contributed by atoms with E-state index in [0.29, 0.717) is 17.1 Å². The summed E-state index contributed by atoms with van der Waals surface area (Å²) in [4.78, 5) is 29.8. The maximum absolute atomic E-state index is 12.8. The number of aromatic nitrogens is 4. The molecule has 0 atom stereocenters. The summed E-state index contributed by atoms with van der Waals surface area (Å²) in [6.45, 7) is 5.36. The van der Waals surface area contributed by atoms with Crippen molar-refractivity contribution in [2.24, 2.45) is 13.0 Å². The zero-order valence-corrected chi connectivity index (χ0v) is 16.4. The Bertz CT molecular complexity index is 1280. The molecule has 0 unspecified atom stereocenters. The van der Waals surface area contributed by atoms with Crippen LogP contribution in [0.1, 0.15) is 26.1 Å². The second-order valence-corrected chi connectivity index (χ2v) is 7.60. The van der Waals surface area contributed by atoms with Crippen molar-refractivity contribution in [1.29, 1.82) is 0 Å². The zero-order chi connectivity index (χ0) is 19.8. The molecule has 0 saturated heterocycles. The van der Waals surface area contributed by atoms with Gasteiger partial charge in [0.1, 0.15) is 5.82 Å². The van der Waals surface area contributed by atoms with E-state index < -0.39 is 0 Å². The lowest BCUT2D eigenvalue weighted by Gasteiger charge is -2.17. The van der Waals surface area contributed by atoms with Gasteiger partial charge in [0.15, 0.2) is 0 Å². The van der Waals surface area contributed by atoms with Crippen LogP contribution >= 0.6 is 0 Å². The Balaban J connectivity index is 1.92. The van der Waals surface area contributed by atoms with Gasteiger partial charge < -0.3 is 4.57 Å². The number of nitrogens with zero attached hydrogens (tertiary/aromatic N) is 4. The third-order valence-electron chi connectivity index (χ3n) is 5.25. The molecular weight excluding hydrogens is 352 g/mol. The summed E-state index contributed by atoms with van der Waals surface area (Å²) in [5.74, 6) is 1.13. The summed E-state index contributed by atoms with van der Waals surface area (Å²) in [6, 6.07) is 15.2. The average molecular weight is 376 g/mol. The van der Waals surface area contributed by atoms with Gasteiger partial charge in [0, 0.05) is 13.6 Å². The fourth-order valence-corrected chi connectivity index (χ4v) is 3.68. The third-order valence-corrected chi connectivity index (χ3v) is 5.25. The topological polar surface area (TPSA) is 61.8 Å². The second-order valence-electron chi connectivity index (χ2n) is 7.60. The SMILES string of the molecule is CC(C)CCn1c(Cn2c(=O)n(C)c3ccccc32)nc(=O)c2ccccc21. The molecule has 0 aliphatic carbocycles. The first kappa shape index (κ1) is 18.2. The van der Waals surface area contributed by atoms with Gasteiger partial charge in [-0.1, -0.05) is 38.1 Å². The van der Waals surface area contributed by atoms with E-state index in [2.05, 4.69) is 23.4 Å². The van der Waals surface area contributed by atoms with E-state index in [1.807, 2.05) is 48.5 Å². The van der Waals surface area contributed by atoms with Gasteiger partial charge in [0.2, 0.25) is 0 Å². The van der Waals surface area contributed by atoms with E-state index in [4.69, 9.17) is 0 Å². The van der Waals surface area contributed by atoms with Crippen LogP contribution in [0.15, 0.2) is 58.1 Å². The number of rotatable bonds is 5. The molecule has 0 N–H and O–H groups in total. The fourth-order valence-electron chi connectivity index (χ4n) is 3.68. The number of hydrogen-bond donors (Lipinski definition) is 0. The lowest BCUT2D eigenvalue weighted by atomic mass is 10.1. The van der Waals surface area contributed by atoms with E-state index in [1.165, 1.54) is 0 Å². The van der Waals surface area contributed by atoms with Gasteiger partial charge in [-0.2, -0.15) is 4.98 Å². The molecule has 0 aliphatic rings. The van der Waals surface area contributed by atoms with E-state index >= 15 is 0 Å². The molecule has 4 rings (SSSR count). The summed E-state index contributed by atoms with van der Waals surface area (Å²) >= 11 is 0. The molecule has 0 radical (unpaired) electrons. The molecule has 0 spiro atoms. The maximum atomic E-state index is 12.8. The maximum Gasteiger partial charge on any atom is 0.329 e. The summed E-state index contributed by atoms with van der Waals surface area (Å²) in [5, 5.41) is 0.611. The van der Waals surface area contributed by atoms with Gasteiger partial charge >= 0.3 is 5.69 Å². The minimum absolute atomic E-state index is 0.112. The largest absolute Gasteiger partial charge is 0.329 e. The molecule has 6 nitrogen and oxygen atoms in total. The number of para-hydroxylation sites is 3. The first-order valence-corrected chi connectivity index (χ1v) is 9.60. The van der Waals surface area contributed by atoms with Crippen LogP contribution in [-0.2, 0) is 20.1 Å². The van der Waals surface area contributed by atoms with Crippen molar-refractivity contribution in [2.75, 3.05) is 0 Å². The number of imidazole rings is 1. The van der Waals surface area contributed by atoms with Crippen LogP contribution in [0.25, 0.3) is 21.9 Å². The Morgan fingerprint density at radius 3 is 2.25 bits per heavy atom. The van der Waals surface area contributed by atoms with E-state index in [9.17, 15) is 9.59 Å². The Labute approximate surface area is 162 Å². The average Bonchev–Trinajstić information content (AvgIpc) is 2.93. The summed E-state index contributed by atoms with van der Waals surface area (Å²) in [7, 11) is 1.76.